The van der Waals surface area contributed by atoms with Crippen molar-refractivity contribution in [3.05, 3.63) is 0 Å². The Kier molecular flexibility index (Phi) is 47.4. The van der Waals surface area contributed by atoms with Gasteiger partial charge in [0, 0.05) is 89.4 Å². The minimum atomic E-state index is -0.987. The molecule has 4 rings (SSSR count). The number of methoxy groups -OCH3 is 4. The zero-order valence-electron chi connectivity index (χ0n) is 64.4. The number of alkyl carbamates (subject to hydrolysis) is 4. The van der Waals surface area contributed by atoms with E-state index in [1.54, 1.807) is 0 Å². The van der Waals surface area contributed by atoms with Crippen LogP contribution in [0.2, 0.25) is 0 Å². The molecular formula is C70H124N20O20. The largest absolute Gasteiger partial charge is 0.453 e. The Balaban J connectivity index is 0.000000570. The second-order valence-corrected chi connectivity index (χ2v) is 27.8. The molecule has 40 heteroatoms. The van der Waals surface area contributed by atoms with Gasteiger partial charge in [0.1, 0.15) is 38.3 Å². The Morgan fingerprint density at radius 3 is 0.718 bits per heavy atom. The lowest BCUT2D eigenvalue weighted by Gasteiger charge is -2.23. The fourth-order valence-electron chi connectivity index (χ4n) is 11.1. The van der Waals surface area contributed by atoms with E-state index in [1.807, 2.05) is 0 Å². The van der Waals surface area contributed by atoms with Gasteiger partial charge in [0.05, 0.1) is 52.6 Å². The third kappa shape index (κ3) is 46.2. The van der Waals surface area contributed by atoms with Gasteiger partial charge in [-0.05, 0) is 167 Å². The lowest BCUT2D eigenvalue weighted by Crippen LogP contribution is -2.49. The van der Waals surface area contributed by atoms with E-state index in [1.165, 1.54) is 14.2 Å². The van der Waals surface area contributed by atoms with Gasteiger partial charge in [-0.25, -0.2) is 19.2 Å². The molecule has 4 aliphatic rings. The average Bonchev–Trinajstić information content (AvgIpc) is 1.50. The fraction of sp³-hybridized carbons (Fsp3) is 0.771. The van der Waals surface area contributed by atoms with Crippen LogP contribution in [-0.4, -0.2) is 272 Å². The van der Waals surface area contributed by atoms with Crippen molar-refractivity contribution in [1.82, 2.24) is 84.2 Å². The molecule has 4 aliphatic carbocycles. The number of hydrogen-bond acceptors (Lipinski definition) is 24. The topological polar surface area (TPSA) is 589 Å². The second-order valence-electron chi connectivity index (χ2n) is 27.8. The SMILES string of the molecule is COC(=O)NCCCC[C@H](NC(=O)OC)C(=O)NCCC(=O)N(CC(=O)NCCCCC(NC1CC1)C(N)=O)CC(=O)NCCCCC(NC1CC1)C(N)=O.COC(=O)NCCCC[C@H](NC(=O)OC)C(=O)NCCC(=O)N(CC(=O)NCCCCC(NC1CC1)C(N)=O)CC(=O)NCCCCC(NC1CC1)C(N)=O. The van der Waals surface area contributed by atoms with E-state index in [0.717, 1.165) is 75.4 Å². The van der Waals surface area contributed by atoms with Crippen molar-refractivity contribution in [1.29, 1.82) is 0 Å². The number of nitrogens with one attached hydrogen (secondary N) is 14. The Labute approximate surface area is 643 Å². The van der Waals surface area contributed by atoms with E-state index in [4.69, 9.17) is 22.9 Å². The molecule has 40 nitrogen and oxygen atoms in total. The number of amides is 16. The Morgan fingerprint density at radius 1 is 0.291 bits per heavy atom. The first-order valence-electron chi connectivity index (χ1n) is 38.4. The number of primary amides is 4. The number of carbonyl (C=O) groups excluding carboxylic acids is 16. The maximum absolute atomic E-state index is 13.3. The summed E-state index contributed by atoms with van der Waals surface area (Å²) in [4.78, 5) is 199. The summed E-state index contributed by atoms with van der Waals surface area (Å²) in [5, 5.41) is 39.0. The molecule has 0 aliphatic heterocycles. The summed E-state index contributed by atoms with van der Waals surface area (Å²) in [6.45, 7) is -0.198. The van der Waals surface area contributed by atoms with Crippen molar-refractivity contribution >= 4 is 95.3 Å². The van der Waals surface area contributed by atoms with Gasteiger partial charge in [0.25, 0.3) is 0 Å². The van der Waals surface area contributed by atoms with Crippen molar-refractivity contribution in [3.8, 4) is 0 Å². The van der Waals surface area contributed by atoms with Crippen LogP contribution in [0.1, 0.15) is 180 Å². The first-order valence-corrected chi connectivity index (χ1v) is 38.4. The van der Waals surface area contributed by atoms with E-state index in [9.17, 15) is 76.7 Å². The molecule has 110 heavy (non-hydrogen) atoms. The van der Waals surface area contributed by atoms with Crippen LogP contribution < -0.4 is 97.4 Å². The summed E-state index contributed by atoms with van der Waals surface area (Å²) in [6, 6.07) is -2.41. The monoisotopic (exact) mass is 1560 g/mol. The standard InChI is InChI=1S/2C35H62N10O10/c2*1-54-34(52)41-19-8-5-11-27(44-35(53)55-2)33(51)40-20-16-30(48)45(21-28(46)38-17-6-3-9-25(31(36)49)42-23-12-13-23)22-29(47)39-18-7-4-10-26(32(37)50)43-24-14-15-24/h2*23-27,42-43H,3-22H2,1-2H3,(H2,36,49)(H2,37,50)(H,38,46)(H,39,47)(H,40,51)(H,41,52)(H,44,53)/t2*25?,26?,27-/m00/s1. The van der Waals surface area contributed by atoms with E-state index in [-0.39, 0.29) is 65.0 Å². The molecule has 0 aromatic rings. The summed E-state index contributed by atoms with van der Waals surface area (Å²) in [5.41, 5.74) is 22.0. The molecule has 0 bridgehead atoms. The highest BCUT2D eigenvalue weighted by Gasteiger charge is 2.32. The Bertz CT molecular complexity index is 2640. The Hall–Kier alpha value is -9.44. The van der Waals surface area contributed by atoms with Crippen molar-refractivity contribution in [2.75, 3.05) is 107 Å². The molecule has 0 saturated heterocycles. The fourth-order valence-corrected chi connectivity index (χ4v) is 11.1. The summed E-state index contributed by atoms with van der Waals surface area (Å²) >= 11 is 0. The summed E-state index contributed by atoms with van der Waals surface area (Å²) < 4.78 is 18.3. The highest BCUT2D eigenvalue weighted by molar-refractivity contribution is 5.92. The smallest absolute Gasteiger partial charge is 0.407 e. The zero-order chi connectivity index (χ0) is 81.2. The maximum Gasteiger partial charge on any atom is 0.407 e. The van der Waals surface area contributed by atoms with Crippen LogP contribution in [0.4, 0.5) is 19.2 Å². The molecule has 4 saturated carbocycles. The van der Waals surface area contributed by atoms with E-state index >= 15 is 0 Å². The van der Waals surface area contributed by atoms with Gasteiger partial charge >= 0.3 is 24.4 Å². The predicted octanol–water partition coefficient (Wildman–Crippen LogP) is -3.29. The molecule has 0 radical (unpaired) electrons. The van der Waals surface area contributed by atoms with Gasteiger partial charge < -0.3 is 126 Å². The normalized spacial score (nSPS) is 15.0. The minimum Gasteiger partial charge on any atom is -0.453 e. The van der Waals surface area contributed by atoms with Crippen LogP contribution in [0.15, 0.2) is 0 Å². The van der Waals surface area contributed by atoms with Crippen molar-refractivity contribution in [2.45, 2.75) is 240 Å². The van der Waals surface area contributed by atoms with Gasteiger partial charge in [-0.1, -0.05) is 0 Å². The molecule has 0 heterocycles. The first-order chi connectivity index (χ1) is 52.6. The highest BCUT2D eigenvalue weighted by Crippen LogP contribution is 2.23. The molecule has 22 N–H and O–H groups in total. The average molecular weight is 1570 g/mol. The summed E-state index contributed by atoms with van der Waals surface area (Å²) in [6.07, 6.45) is 14.0. The molecule has 0 aromatic heterocycles. The molecule has 0 spiro atoms. The zero-order valence-corrected chi connectivity index (χ0v) is 64.4. The minimum absolute atomic E-state index is 0.146. The number of hydrogen-bond donors (Lipinski definition) is 18. The van der Waals surface area contributed by atoms with Crippen LogP contribution in [0.5, 0.6) is 0 Å². The quantitative estimate of drug-likeness (QED) is 0.0210. The second kappa shape index (κ2) is 55.0. The van der Waals surface area contributed by atoms with Crippen molar-refractivity contribution in [2.24, 2.45) is 22.9 Å². The summed E-state index contributed by atoms with van der Waals surface area (Å²) in [7, 11) is 4.80. The van der Waals surface area contributed by atoms with Crippen LogP contribution in [-0.2, 0) is 76.5 Å². The number of carbonyl (C=O) groups is 16. The third-order valence-corrected chi connectivity index (χ3v) is 18.1. The summed E-state index contributed by atoms with van der Waals surface area (Å²) in [5.74, 6) is -5.90. The van der Waals surface area contributed by atoms with Crippen LogP contribution in [0.3, 0.4) is 0 Å². The number of nitrogens with zero attached hydrogens (tertiary/aromatic N) is 2. The highest BCUT2D eigenvalue weighted by atomic mass is 16.5. The van der Waals surface area contributed by atoms with Crippen LogP contribution in [0, 0.1) is 0 Å². The van der Waals surface area contributed by atoms with Crippen LogP contribution in [0.25, 0.3) is 0 Å². The lowest BCUT2D eigenvalue weighted by atomic mass is 10.1. The predicted molar refractivity (Wildman–Crippen MR) is 400 cm³/mol. The number of ether oxygens (including phenoxy) is 4. The van der Waals surface area contributed by atoms with Gasteiger partial charge in [0.15, 0.2) is 0 Å². The molecular weight excluding hydrogens is 1440 g/mol. The molecule has 6 atom stereocenters. The van der Waals surface area contributed by atoms with E-state index in [2.05, 4.69) is 93.4 Å². The number of nitrogens with two attached hydrogens (primary N) is 4. The molecule has 624 valence electrons. The van der Waals surface area contributed by atoms with E-state index in [0.29, 0.717) is 140 Å². The molecule has 4 unspecified atom stereocenters. The van der Waals surface area contributed by atoms with Crippen molar-refractivity contribution in [3.63, 3.8) is 0 Å². The van der Waals surface area contributed by atoms with Crippen molar-refractivity contribution < 1.29 is 95.7 Å². The van der Waals surface area contributed by atoms with Gasteiger partial charge in [0.2, 0.25) is 70.9 Å². The van der Waals surface area contributed by atoms with E-state index < -0.39 is 158 Å². The maximum atomic E-state index is 13.3. The molecule has 4 fully saturated rings. The number of unbranched alkanes of at least 4 members (excludes halogenated alkanes) is 6. The van der Waals surface area contributed by atoms with Crippen LogP contribution >= 0.6 is 0 Å². The molecule has 0 aromatic carbocycles. The van der Waals surface area contributed by atoms with Gasteiger partial charge in [-0.2, -0.15) is 0 Å². The molecule has 16 amide bonds. The first kappa shape index (κ1) is 94.8. The lowest BCUT2D eigenvalue weighted by molar-refractivity contribution is -0.139. The van der Waals surface area contributed by atoms with Gasteiger partial charge in [-0.3, -0.25) is 57.5 Å². The number of rotatable bonds is 60. The third-order valence-electron chi connectivity index (χ3n) is 18.1. The Morgan fingerprint density at radius 2 is 0.509 bits per heavy atom. The van der Waals surface area contributed by atoms with Gasteiger partial charge in [-0.15, -0.1) is 0 Å².